The number of hydrogen-bond donors (Lipinski definition) is 1. The summed E-state index contributed by atoms with van der Waals surface area (Å²) in [5.74, 6) is -0.162. The van der Waals surface area contributed by atoms with Crippen molar-refractivity contribution in [2.24, 2.45) is 0 Å². The summed E-state index contributed by atoms with van der Waals surface area (Å²) in [5, 5.41) is 10.6. The molecule has 2 aliphatic heterocycles. The molecule has 1 aromatic heterocycles. The largest absolute Gasteiger partial charge is 0.491 e. The first-order chi connectivity index (χ1) is 11.4. The number of hydrogen-bond acceptors (Lipinski definition) is 5. The van der Waals surface area contributed by atoms with Gasteiger partial charge in [0.15, 0.2) is 11.4 Å². The molecule has 0 bridgehead atoms. The van der Waals surface area contributed by atoms with Gasteiger partial charge >= 0.3 is 0 Å². The minimum Gasteiger partial charge on any atom is -0.491 e. The van der Waals surface area contributed by atoms with Crippen LogP contribution in [0.25, 0.3) is 0 Å². The number of aliphatic hydroxyl groups excluding tert-OH is 1. The monoisotopic (exact) mass is 336 g/mol. The van der Waals surface area contributed by atoms with Gasteiger partial charge in [0.2, 0.25) is 5.43 Å². The highest BCUT2D eigenvalue weighted by molar-refractivity contribution is 5.96. The van der Waals surface area contributed by atoms with Gasteiger partial charge in [0.1, 0.15) is 0 Å². The number of amides is 1. The Morgan fingerprint density at radius 3 is 2.62 bits per heavy atom. The fourth-order valence-corrected chi connectivity index (χ4v) is 4.16. The molecule has 0 fully saturated rings. The molecular weight excluding hydrogens is 312 g/mol. The molecule has 2 atom stereocenters. The van der Waals surface area contributed by atoms with Crippen LogP contribution < -0.4 is 10.2 Å². The van der Waals surface area contributed by atoms with E-state index in [0.29, 0.717) is 43.8 Å². The van der Waals surface area contributed by atoms with E-state index >= 15 is 0 Å². The van der Waals surface area contributed by atoms with E-state index in [1.807, 2.05) is 11.5 Å². The van der Waals surface area contributed by atoms with Crippen LogP contribution in [-0.4, -0.2) is 54.4 Å². The number of methoxy groups -OCH3 is 2. The van der Waals surface area contributed by atoms with Crippen LogP contribution in [0, 0.1) is 6.92 Å². The second-order valence-electron chi connectivity index (χ2n) is 6.56. The van der Waals surface area contributed by atoms with Crippen LogP contribution in [0.3, 0.4) is 0 Å². The van der Waals surface area contributed by atoms with Crippen molar-refractivity contribution in [3.63, 3.8) is 0 Å². The maximum absolute atomic E-state index is 12.9. The van der Waals surface area contributed by atoms with Crippen molar-refractivity contribution >= 4 is 5.91 Å². The Kier molecular flexibility index (Phi) is 4.17. The molecular formula is C17H24N2O5. The lowest BCUT2D eigenvalue weighted by Gasteiger charge is -2.43. The third kappa shape index (κ3) is 2.11. The molecule has 0 spiro atoms. The average molecular weight is 336 g/mol. The summed E-state index contributed by atoms with van der Waals surface area (Å²) in [5.41, 5.74) is 0.432. The molecule has 7 nitrogen and oxygen atoms in total. The van der Waals surface area contributed by atoms with E-state index in [9.17, 15) is 14.7 Å². The smallest absolute Gasteiger partial charge is 0.274 e. The molecule has 132 valence electrons. The van der Waals surface area contributed by atoms with Crippen molar-refractivity contribution in [1.82, 2.24) is 9.47 Å². The highest BCUT2D eigenvalue weighted by Crippen LogP contribution is 2.47. The van der Waals surface area contributed by atoms with Gasteiger partial charge < -0.3 is 24.0 Å². The quantitative estimate of drug-likeness (QED) is 0.861. The van der Waals surface area contributed by atoms with Gasteiger partial charge in [-0.1, -0.05) is 0 Å². The predicted molar refractivity (Wildman–Crippen MR) is 87.6 cm³/mol. The van der Waals surface area contributed by atoms with Crippen LogP contribution in [0.4, 0.5) is 0 Å². The van der Waals surface area contributed by atoms with Gasteiger partial charge in [0, 0.05) is 38.8 Å². The minimum absolute atomic E-state index is 0.0651. The molecule has 2 aliphatic rings. The van der Waals surface area contributed by atoms with Gasteiger partial charge in [-0.15, -0.1) is 0 Å². The topological polar surface area (TPSA) is 81.0 Å². The SMILES string of the molecule is CCN1CC2(CCOC)CC(O)c3c(C)c(=O)c(OC)c(n32)C1=O. The number of carbonyl (C=O) groups is 1. The van der Waals surface area contributed by atoms with E-state index in [2.05, 4.69) is 0 Å². The molecule has 3 heterocycles. The van der Waals surface area contributed by atoms with Crippen LogP contribution >= 0.6 is 0 Å². The van der Waals surface area contributed by atoms with Crippen molar-refractivity contribution in [1.29, 1.82) is 0 Å². The van der Waals surface area contributed by atoms with Crippen LogP contribution in [0.2, 0.25) is 0 Å². The highest BCUT2D eigenvalue weighted by atomic mass is 16.5. The second-order valence-corrected chi connectivity index (χ2v) is 6.56. The zero-order valence-corrected chi connectivity index (χ0v) is 14.6. The molecule has 3 rings (SSSR count). The summed E-state index contributed by atoms with van der Waals surface area (Å²) in [7, 11) is 3.03. The lowest BCUT2D eigenvalue weighted by atomic mass is 9.89. The van der Waals surface area contributed by atoms with Gasteiger partial charge in [-0.3, -0.25) is 9.59 Å². The number of carbonyl (C=O) groups excluding carboxylic acids is 1. The summed E-state index contributed by atoms with van der Waals surface area (Å²) >= 11 is 0. The van der Waals surface area contributed by atoms with Crippen LogP contribution in [-0.2, 0) is 10.3 Å². The third-order valence-electron chi connectivity index (χ3n) is 5.31. The van der Waals surface area contributed by atoms with E-state index in [1.54, 1.807) is 18.9 Å². The Hall–Kier alpha value is -1.86. The Labute approximate surface area is 140 Å². The van der Waals surface area contributed by atoms with Crippen molar-refractivity contribution in [3.05, 3.63) is 27.2 Å². The first-order valence-corrected chi connectivity index (χ1v) is 8.22. The van der Waals surface area contributed by atoms with Crippen molar-refractivity contribution in [3.8, 4) is 5.75 Å². The summed E-state index contributed by atoms with van der Waals surface area (Å²) in [6.07, 6.45) is 0.333. The lowest BCUT2D eigenvalue weighted by molar-refractivity contribution is 0.0426. The third-order valence-corrected chi connectivity index (χ3v) is 5.31. The summed E-state index contributed by atoms with van der Waals surface area (Å²) in [6.45, 7) is 5.12. The highest BCUT2D eigenvalue weighted by Gasteiger charge is 2.51. The number of pyridine rings is 1. The maximum Gasteiger partial charge on any atom is 0.274 e. The van der Waals surface area contributed by atoms with E-state index in [0.717, 1.165) is 0 Å². The number of aliphatic hydroxyl groups is 1. The second kappa shape index (κ2) is 5.89. The lowest BCUT2D eigenvalue weighted by Crippen LogP contribution is -2.54. The van der Waals surface area contributed by atoms with E-state index in [4.69, 9.17) is 9.47 Å². The van der Waals surface area contributed by atoms with Crippen molar-refractivity contribution in [2.75, 3.05) is 33.9 Å². The standard InChI is InChI=1S/C17H24N2O5/c1-5-18-9-17(6-7-23-3)8-11(20)12-10(2)14(21)15(24-4)13(16(18)22)19(12)17/h11,20H,5-9H2,1-4H3. The zero-order chi connectivity index (χ0) is 17.6. The average Bonchev–Trinajstić information content (AvgIpc) is 2.86. The first kappa shape index (κ1) is 17.0. The zero-order valence-electron chi connectivity index (χ0n) is 14.6. The number of likely N-dealkylation sites (N-methyl/N-ethyl adjacent to an activating group) is 1. The fourth-order valence-electron chi connectivity index (χ4n) is 4.16. The van der Waals surface area contributed by atoms with Crippen LogP contribution in [0.5, 0.6) is 5.75 Å². The summed E-state index contributed by atoms with van der Waals surface area (Å²) < 4.78 is 12.4. The van der Waals surface area contributed by atoms with Crippen LogP contribution in [0.15, 0.2) is 4.79 Å². The van der Waals surface area contributed by atoms with Gasteiger partial charge in [0.25, 0.3) is 5.91 Å². The summed E-state index contributed by atoms with van der Waals surface area (Å²) in [4.78, 5) is 27.3. The van der Waals surface area contributed by atoms with Gasteiger partial charge in [0.05, 0.1) is 24.4 Å². The Morgan fingerprint density at radius 1 is 1.33 bits per heavy atom. The van der Waals surface area contributed by atoms with Crippen molar-refractivity contribution < 1.29 is 19.4 Å². The molecule has 0 saturated carbocycles. The Bertz CT molecular complexity index is 741. The molecule has 2 unspecified atom stereocenters. The Morgan fingerprint density at radius 2 is 2.04 bits per heavy atom. The molecule has 1 N–H and O–H groups in total. The normalized spacial score (nSPS) is 25.1. The molecule has 0 saturated heterocycles. The molecule has 1 amide bonds. The molecule has 0 aromatic carbocycles. The van der Waals surface area contributed by atoms with Crippen molar-refractivity contribution in [2.45, 2.75) is 38.3 Å². The molecule has 1 aromatic rings. The van der Waals surface area contributed by atoms with Gasteiger partial charge in [-0.25, -0.2) is 0 Å². The number of aromatic nitrogens is 1. The minimum atomic E-state index is -0.774. The first-order valence-electron chi connectivity index (χ1n) is 8.22. The van der Waals surface area contributed by atoms with Gasteiger partial charge in [-0.05, 0) is 20.3 Å². The molecule has 0 radical (unpaired) electrons. The van der Waals surface area contributed by atoms with E-state index in [-0.39, 0.29) is 22.8 Å². The summed E-state index contributed by atoms with van der Waals surface area (Å²) in [6, 6.07) is 0. The maximum atomic E-state index is 12.9. The molecule has 7 heteroatoms. The Balaban J connectivity index is 2.36. The van der Waals surface area contributed by atoms with E-state index < -0.39 is 11.6 Å². The molecule has 0 aliphatic carbocycles. The molecule has 24 heavy (non-hydrogen) atoms. The number of nitrogens with zero attached hydrogens (tertiary/aromatic N) is 2. The number of ether oxygens (including phenoxy) is 2. The van der Waals surface area contributed by atoms with Crippen LogP contribution in [0.1, 0.15) is 47.6 Å². The van der Waals surface area contributed by atoms with Gasteiger partial charge in [-0.2, -0.15) is 0 Å². The fraction of sp³-hybridized carbons (Fsp3) is 0.647. The van der Waals surface area contributed by atoms with E-state index in [1.165, 1.54) is 7.11 Å². The predicted octanol–water partition coefficient (Wildman–Crippen LogP) is 0.810. The number of rotatable bonds is 5.